The van der Waals surface area contributed by atoms with Crippen molar-refractivity contribution < 1.29 is 67.2 Å². The third-order valence-electron chi connectivity index (χ3n) is 6.45. The van der Waals surface area contributed by atoms with Crippen molar-refractivity contribution in [3.8, 4) is 0 Å². The normalized spacial score (nSPS) is 12.9. The van der Waals surface area contributed by atoms with Crippen LogP contribution in [-0.2, 0) is 70.1 Å². The number of thioether (sulfide) groups is 1. The summed E-state index contributed by atoms with van der Waals surface area (Å²) in [5, 5.41) is 27.5. The Hall–Kier alpha value is -2.50. The van der Waals surface area contributed by atoms with Crippen molar-refractivity contribution in [1.82, 2.24) is 20.3 Å². The van der Waals surface area contributed by atoms with E-state index in [-0.39, 0.29) is 17.7 Å². The Kier molecular flexibility index (Phi) is 29.1. The van der Waals surface area contributed by atoms with Gasteiger partial charge in [0.15, 0.2) is 0 Å². The first-order valence-corrected chi connectivity index (χ1v) is 18.7. The van der Waals surface area contributed by atoms with Crippen molar-refractivity contribution in [3.05, 3.63) is 11.9 Å². The fourth-order valence-corrected chi connectivity index (χ4v) is 4.87. The second-order valence-corrected chi connectivity index (χ2v) is 13.8. The van der Waals surface area contributed by atoms with Crippen LogP contribution in [0.5, 0.6) is 0 Å². The number of aromatic nitrogens is 3. The van der Waals surface area contributed by atoms with E-state index in [1.165, 1.54) is 0 Å². The van der Waals surface area contributed by atoms with Gasteiger partial charge in [0.25, 0.3) is 0 Å². The Labute approximate surface area is 316 Å². The first-order chi connectivity index (χ1) is 25.5. The molecular formula is C33H61N5O14S. The number of carboxylic acid groups (broad SMARTS) is 2. The van der Waals surface area contributed by atoms with Gasteiger partial charge in [-0.3, -0.25) is 14.4 Å². The van der Waals surface area contributed by atoms with Crippen LogP contribution in [0.3, 0.4) is 0 Å². The molecule has 0 aliphatic heterocycles. The lowest BCUT2D eigenvalue weighted by Gasteiger charge is -2.17. The Balaban J connectivity index is 1.86. The van der Waals surface area contributed by atoms with Crippen LogP contribution in [0.15, 0.2) is 6.20 Å². The van der Waals surface area contributed by atoms with Gasteiger partial charge in [-0.1, -0.05) is 26.0 Å². The highest BCUT2D eigenvalue weighted by Crippen LogP contribution is 2.16. The maximum atomic E-state index is 12.5. The van der Waals surface area contributed by atoms with Gasteiger partial charge < -0.3 is 63.9 Å². The average molecular weight is 784 g/mol. The summed E-state index contributed by atoms with van der Waals surface area (Å²) in [6.45, 7) is 15.6. The maximum Gasteiger partial charge on any atom is 0.321 e. The molecule has 0 aliphatic carbocycles. The highest BCUT2D eigenvalue weighted by molar-refractivity contribution is 8.00. The number of rotatable bonds is 37. The Morgan fingerprint density at radius 3 is 1.55 bits per heavy atom. The van der Waals surface area contributed by atoms with Crippen LogP contribution in [0, 0.1) is 5.41 Å². The molecule has 0 aliphatic rings. The first-order valence-electron chi connectivity index (χ1n) is 17.7. The van der Waals surface area contributed by atoms with E-state index in [0.29, 0.717) is 131 Å². The number of nitrogens with one attached hydrogen (secondary N) is 1. The zero-order valence-corrected chi connectivity index (χ0v) is 32.2. The van der Waals surface area contributed by atoms with Gasteiger partial charge in [0.1, 0.15) is 11.7 Å². The van der Waals surface area contributed by atoms with Crippen molar-refractivity contribution in [3.63, 3.8) is 0 Å². The summed E-state index contributed by atoms with van der Waals surface area (Å²) in [5.74, 6) is -3.08. The van der Waals surface area contributed by atoms with Gasteiger partial charge in [0.05, 0.1) is 150 Å². The van der Waals surface area contributed by atoms with Gasteiger partial charge in [0, 0.05) is 5.75 Å². The molecule has 1 rings (SSSR count). The minimum absolute atomic E-state index is 0.0265. The van der Waals surface area contributed by atoms with E-state index in [4.69, 9.17) is 58.6 Å². The van der Waals surface area contributed by atoms with Crippen LogP contribution in [0.1, 0.15) is 32.9 Å². The number of hydrogen-bond acceptors (Lipinski definition) is 16. The summed E-state index contributed by atoms with van der Waals surface area (Å²) in [7, 11) is 0. The van der Waals surface area contributed by atoms with Gasteiger partial charge in [0.2, 0.25) is 5.91 Å². The molecule has 53 heavy (non-hydrogen) atoms. The Bertz CT molecular complexity index is 1080. The van der Waals surface area contributed by atoms with Crippen LogP contribution in [-0.4, -0.2) is 179 Å². The molecule has 20 heteroatoms. The number of carbonyl (C=O) groups excluding carboxylic acids is 1. The third-order valence-corrected chi connectivity index (χ3v) is 7.79. The smallest absolute Gasteiger partial charge is 0.321 e. The molecule has 0 bridgehead atoms. The Morgan fingerprint density at radius 2 is 1.15 bits per heavy atom. The lowest BCUT2D eigenvalue weighted by molar-refractivity contribution is -0.138. The van der Waals surface area contributed by atoms with E-state index in [0.717, 1.165) is 11.8 Å². The zero-order valence-electron chi connectivity index (χ0n) is 31.4. The third kappa shape index (κ3) is 30.5. The van der Waals surface area contributed by atoms with Crippen LogP contribution < -0.4 is 11.1 Å². The van der Waals surface area contributed by atoms with Crippen molar-refractivity contribution in [1.29, 1.82) is 0 Å². The van der Waals surface area contributed by atoms with E-state index in [2.05, 4.69) is 36.4 Å². The van der Waals surface area contributed by atoms with E-state index in [1.54, 1.807) is 10.9 Å². The quantitative estimate of drug-likeness (QED) is 0.0653. The van der Waals surface area contributed by atoms with Crippen molar-refractivity contribution in [2.24, 2.45) is 11.1 Å². The summed E-state index contributed by atoms with van der Waals surface area (Å²) < 4.78 is 51.0. The monoisotopic (exact) mass is 783 g/mol. The fourth-order valence-electron chi connectivity index (χ4n) is 3.79. The molecule has 0 aromatic carbocycles. The fraction of sp³-hybridized carbons (Fsp3) is 0.848. The molecule has 2 unspecified atom stereocenters. The number of hydrogen-bond donors (Lipinski definition) is 4. The minimum atomic E-state index is -1.23. The van der Waals surface area contributed by atoms with Crippen molar-refractivity contribution in [2.75, 3.05) is 125 Å². The molecule has 1 aromatic heterocycles. The lowest BCUT2D eigenvalue weighted by atomic mass is 9.99. The summed E-state index contributed by atoms with van der Waals surface area (Å²) in [6, 6.07) is -1.21. The van der Waals surface area contributed by atoms with Crippen LogP contribution >= 0.6 is 11.8 Å². The topological polar surface area (TPSA) is 244 Å². The van der Waals surface area contributed by atoms with Gasteiger partial charge in [-0.25, -0.2) is 4.68 Å². The van der Waals surface area contributed by atoms with E-state index in [1.807, 2.05) is 0 Å². The molecule has 1 heterocycles. The molecule has 1 amide bonds. The van der Waals surface area contributed by atoms with E-state index in [9.17, 15) is 14.4 Å². The Morgan fingerprint density at radius 1 is 0.736 bits per heavy atom. The standard InChI is InChI=1S/C33H61N5O14S/c1-33(2,3)26-52-21-20-51-19-18-50-17-16-49-15-14-48-13-12-47-11-10-46-9-8-45-7-6-44-5-4-38-24-27(36-37-38)23-35-31(41)29(22-30(39)40)53-25-28(34)32(42)43/h24,28-29H,4-23,25-26,34H2,1-3H3,(H,35,41)(H,39,40)(H,42,43). The summed E-state index contributed by atoms with van der Waals surface area (Å²) in [6.07, 6.45) is 1.16. The highest BCUT2D eigenvalue weighted by Gasteiger charge is 2.25. The number of carbonyl (C=O) groups is 3. The number of amides is 1. The molecule has 308 valence electrons. The molecule has 2 atom stereocenters. The van der Waals surface area contributed by atoms with E-state index < -0.39 is 35.6 Å². The van der Waals surface area contributed by atoms with Crippen LogP contribution in [0.4, 0.5) is 0 Å². The van der Waals surface area contributed by atoms with Crippen molar-refractivity contribution >= 4 is 29.6 Å². The summed E-state index contributed by atoms with van der Waals surface area (Å²) in [4.78, 5) is 34.5. The second kappa shape index (κ2) is 31.8. The van der Waals surface area contributed by atoms with Gasteiger partial charge in [-0.05, 0) is 5.41 Å². The second-order valence-electron chi connectivity index (χ2n) is 12.6. The zero-order chi connectivity index (χ0) is 39.0. The number of ether oxygens (including phenoxy) is 9. The molecule has 0 saturated carbocycles. The predicted octanol–water partition coefficient (Wildman–Crippen LogP) is 0.0782. The minimum Gasteiger partial charge on any atom is -0.481 e. The SMILES string of the molecule is CC(C)(C)COCCOCCOCCOCCOCCOCCOCCOCCOCCn1cc(CNC(=O)C(CC(=O)O)SCC(N)C(=O)O)nn1. The number of carboxylic acids is 2. The van der Waals surface area contributed by atoms with Crippen molar-refractivity contribution in [2.45, 2.75) is 51.6 Å². The molecular weight excluding hydrogens is 722 g/mol. The number of aliphatic carboxylic acids is 2. The van der Waals surface area contributed by atoms with Crippen LogP contribution in [0.25, 0.3) is 0 Å². The van der Waals surface area contributed by atoms with Gasteiger partial charge in [-0.15, -0.1) is 16.9 Å². The van der Waals surface area contributed by atoms with Gasteiger partial charge >= 0.3 is 11.9 Å². The summed E-state index contributed by atoms with van der Waals surface area (Å²) >= 11 is 0.876. The largest absolute Gasteiger partial charge is 0.481 e. The number of nitrogens with two attached hydrogens (primary N) is 1. The van der Waals surface area contributed by atoms with Gasteiger partial charge in [-0.2, -0.15) is 0 Å². The van der Waals surface area contributed by atoms with E-state index >= 15 is 0 Å². The molecule has 0 radical (unpaired) electrons. The molecule has 5 N–H and O–H groups in total. The number of nitrogens with zero attached hydrogens (tertiary/aromatic N) is 3. The molecule has 1 aromatic rings. The molecule has 19 nitrogen and oxygen atoms in total. The summed E-state index contributed by atoms with van der Waals surface area (Å²) in [5.41, 5.74) is 6.08. The predicted molar refractivity (Wildman–Crippen MR) is 193 cm³/mol. The highest BCUT2D eigenvalue weighted by atomic mass is 32.2. The molecule has 0 spiro atoms. The average Bonchev–Trinajstić information content (AvgIpc) is 3.56. The molecule has 0 saturated heterocycles. The first kappa shape index (κ1) is 48.5. The molecule has 0 fully saturated rings. The van der Waals surface area contributed by atoms with Crippen LogP contribution in [0.2, 0.25) is 0 Å². The lowest BCUT2D eigenvalue weighted by Crippen LogP contribution is -2.37. The maximum absolute atomic E-state index is 12.5.